The fourth-order valence-corrected chi connectivity index (χ4v) is 2.72. The van der Waals surface area contributed by atoms with E-state index in [4.69, 9.17) is 5.73 Å². The normalized spacial score (nSPS) is 14.9. The van der Waals surface area contributed by atoms with Crippen molar-refractivity contribution in [1.82, 2.24) is 9.78 Å². The summed E-state index contributed by atoms with van der Waals surface area (Å²) in [4.78, 5) is 0. The Morgan fingerprint density at radius 2 is 2.24 bits per heavy atom. The van der Waals surface area contributed by atoms with Gasteiger partial charge in [-0.2, -0.15) is 5.10 Å². The summed E-state index contributed by atoms with van der Waals surface area (Å²) in [6, 6.07) is 7.24. The summed E-state index contributed by atoms with van der Waals surface area (Å²) in [5.74, 6) is 0.815. The zero-order chi connectivity index (χ0) is 14.7. The molecule has 4 N–H and O–H groups in total. The molecule has 1 aromatic heterocycles. The number of aromatic hydroxyl groups is 1. The summed E-state index contributed by atoms with van der Waals surface area (Å²) in [6.45, 7) is 1.55. The van der Waals surface area contributed by atoms with E-state index in [0.29, 0.717) is 12.5 Å². The van der Waals surface area contributed by atoms with Gasteiger partial charge in [0.05, 0.1) is 23.3 Å². The Morgan fingerprint density at radius 1 is 1.38 bits per heavy atom. The predicted octanol–water partition coefficient (Wildman–Crippen LogP) is 2.61. The van der Waals surface area contributed by atoms with E-state index >= 15 is 0 Å². The summed E-state index contributed by atoms with van der Waals surface area (Å²) in [5, 5.41) is 17.6. The lowest BCUT2D eigenvalue weighted by atomic mass is 9.82. The Balaban J connectivity index is 1.92. The molecule has 5 heteroatoms. The van der Waals surface area contributed by atoms with Crippen LogP contribution in [0.15, 0.2) is 30.5 Å². The maximum atomic E-state index is 9.68. The molecule has 1 aliphatic rings. The molecule has 0 spiro atoms. The molecule has 1 aromatic carbocycles. The molecule has 1 aliphatic carbocycles. The van der Waals surface area contributed by atoms with Crippen molar-refractivity contribution in [2.24, 2.45) is 5.73 Å². The van der Waals surface area contributed by atoms with Gasteiger partial charge in [0.15, 0.2) is 0 Å². The van der Waals surface area contributed by atoms with Gasteiger partial charge in [-0.1, -0.05) is 12.5 Å². The Hall–Kier alpha value is -2.01. The second-order valence-corrected chi connectivity index (χ2v) is 5.57. The van der Waals surface area contributed by atoms with Crippen molar-refractivity contribution in [1.29, 1.82) is 0 Å². The third-order valence-electron chi connectivity index (χ3n) is 4.07. The molecular formula is C16H22N4O. The molecule has 0 atom stereocenters. The SMILES string of the molecule is NCCCNc1cnn(-c2cccc(O)c2)c1C1CCC1. The minimum atomic E-state index is 0.264. The predicted molar refractivity (Wildman–Crippen MR) is 84.0 cm³/mol. The maximum Gasteiger partial charge on any atom is 0.117 e. The molecule has 112 valence electrons. The van der Waals surface area contributed by atoms with E-state index in [0.717, 1.165) is 24.3 Å². The first kappa shape index (κ1) is 13.9. The zero-order valence-corrected chi connectivity index (χ0v) is 12.1. The zero-order valence-electron chi connectivity index (χ0n) is 12.1. The third kappa shape index (κ3) is 2.88. The topological polar surface area (TPSA) is 76.1 Å². The summed E-state index contributed by atoms with van der Waals surface area (Å²) in [6.07, 6.45) is 6.51. The van der Waals surface area contributed by atoms with Gasteiger partial charge in [-0.25, -0.2) is 4.68 Å². The highest BCUT2D eigenvalue weighted by Gasteiger charge is 2.27. The first-order chi connectivity index (χ1) is 10.3. The van der Waals surface area contributed by atoms with Crippen LogP contribution in [0.25, 0.3) is 5.69 Å². The van der Waals surface area contributed by atoms with Gasteiger partial charge in [-0.3, -0.25) is 0 Å². The van der Waals surface area contributed by atoms with Crippen LogP contribution in [-0.2, 0) is 0 Å². The van der Waals surface area contributed by atoms with Gasteiger partial charge in [-0.15, -0.1) is 0 Å². The molecule has 0 bridgehead atoms. The monoisotopic (exact) mass is 286 g/mol. The van der Waals surface area contributed by atoms with Gasteiger partial charge in [-0.05, 0) is 37.9 Å². The van der Waals surface area contributed by atoms with Crippen molar-refractivity contribution < 1.29 is 5.11 Å². The number of benzene rings is 1. The number of nitrogens with one attached hydrogen (secondary N) is 1. The molecule has 1 saturated carbocycles. The van der Waals surface area contributed by atoms with E-state index in [-0.39, 0.29) is 5.75 Å². The van der Waals surface area contributed by atoms with Crippen LogP contribution in [-0.4, -0.2) is 28.0 Å². The molecule has 3 rings (SSSR count). The van der Waals surface area contributed by atoms with Crippen molar-refractivity contribution in [3.05, 3.63) is 36.2 Å². The van der Waals surface area contributed by atoms with E-state index in [1.165, 1.54) is 25.0 Å². The average molecular weight is 286 g/mol. The fourth-order valence-electron chi connectivity index (χ4n) is 2.72. The van der Waals surface area contributed by atoms with Crippen molar-refractivity contribution in [2.75, 3.05) is 18.4 Å². The Morgan fingerprint density at radius 3 is 2.90 bits per heavy atom. The highest BCUT2D eigenvalue weighted by atomic mass is 16.3. The number of anilines is 1. The largest absolute Gasteiger partial charge is 0.508 e. The molecular weight excluding hydrogens is 264 g/mol. The summed E-state index contributed by atoms with van der Waals surface area (Å²) < 4.78 is 1.95. The van der Waals surface area contributed by atoms with Crippen molar-refractivity contribution in [2.45, 2.75) is 31.6 Å². The first-order valence-corrected chi connectivity index (χ1v) is 7.61. The number of aromatic nitrogens is 2. The van der Waals surface area contributed by atoms with Crippen LogP contribution < -0.4 is 11.1 Å². The second kappa shape index (κ2) is 6.18. The second-order valence-electron chi connectivity index (χ2n) is 5.57. The Bertz CT molecular complexity index is 604. The van der Waals surface area contributed by atoms with Crippen LogP contribution in [0.2, 0.25) is 0 Å². The van der Waals surface area contributed by atoms with E-state index < -0.39 is 0 Å². The molecule has 0 aliphatic heterocycles. The highest BCUT2D eigenvalue weighted by Crippen LogP contribution is 2.40. The highest BCUT2D eigenvalue weighted by molar-refractivity contribution is 5.53. The Labute approximate surface area is 124 Å². The van der Waals surface area contributed by atoms with Gasteiger partial charge in [0, 0.05) is 18.5 Å². The standard InChI is InChI=1S/C16H22N4O/c17-8-3-9-18-15-11-19-20(16(15)12-4-1-5-12)13-6-2-7-14(21)10-13/h2,6-7,10-12,18,21H,1,3-5,8-9,17H2. The number of phenolic OH excluding ortho intramolecular Hbond substituents is 1. The van der Waals surface area contributed by atoms with Crippen LogP contribution in [0.5, 0.6) is 5.75 Å². The van der Waals surface area contributed by atoms with Crippen LogP contribution >= 0.6 is 0 Å². The number of nitrogens with two attached hydrogens (primary N) is 1. The molecule has 21 heavy (non-hydrogen) atoms. The van der Waals surface area contributed by atoms with Crippen LogP contribution in [0.3, 0.4) is 0 Å². The van der Waals surface area contributed by atoms with Gasteiger partial charge in [0.25, 0.3) is 0 Å². The van der Waals surface area contributed by atoms with Crippen LogP contribution in [0.1, 0.15) is 37.3 Å². The lowest BCUT2D eigenvalue weighted by molar-refractivity contribution is 0.404. The summed E-state index contributed by atoms with van der Waals surface area (Å²) in [5.41, 5.74) is 8.78. The molecule has 1 heterocycles. The summed E-state index contributed by atoms with van der Waals surface area (Å²) in [7, 11) is 0. The minimum absolute atomic E-state index is 0.264. The van der Waals surface area contributed by atoms with E-state index in [1.807, 2.05) is 23.0 Å². The average Bonchev–Trinajstić information content (AvgIpc) is 2.81. The first-order valence-electron chi connectivity index (χ1n) is 7.61. The van der Waals surface area contributed by atoms with Crippen molar-refractivity contribution in [3.63, 3.8) is 0 Å². The third-order valence-corrected chi connectivity index (χ3v) is 4.07. The van der Waals surface area contributed by atoms with E-state index in [2.05, 4.69) is 10.4 Å². The molecule has 2 aromatic rings. The van der Waals surface area contributed by atoms with E-state index in [9.17, 15) is 5.11 Å². The minimum Gasteiger partial charge on any atom is -0.508 e. The van der Waals surface area contributed by atoms with Crippen LogP contribution in [0.4, 0.5) is 5.69 Å². The molecule has 0 amide bonds. The molecule has 0 unspecified atom stereocenters. The summed E-state index contributed by atoms with van der Waals surface area (Å²) >= 11 is 0. The number of nitrogens with zero attached hydrogens (tertiary/aromatic N) is 2. The van der Waals surface area contributed by atoms with Crippen molar-refractivity contribution >= 4 is 5.69 Å². The van der Waals surface area contributed by atoms with Gasteiger partial charge in [0.2, 0.25) is 0 Å². The molecule has 5 nitrogen and oxygen atoms in total. The number of hydrogen-bond acceptors (Lipinski definition) is 4. The molecule has 0 radical (unpaired) electrons. The quantitative estimate of drug-likeness (QED) is 0.713. The van der Waals surface area contributed by atoms with Gasteiger partial charge < -0.3 is 16.2 Å². The lowest BCUT2D eigenvalue weighted by Crippen LogP contribution is -2.17. The smallest absolute Gasteiger partial charge is 0.117 e. The van der Waals surface area contributed by atoms with Crippen molar-refractivity contribution in [3.8, 4) is 11.4 Å². The van der Waals surface area contributed by atoms with Gasteiger partial charge in [0.1, 0.15) is 5.75 Å². The number of phenols is 1. The van der Waals surface area contributed by atoms with Crippen LogP contribution in [0, 0.1) is 0 Å². The maximum absolute atomic E-state index is 9.68. The number of rotatable bonds is 6. The van der Waals surface area contributed by atoms with E-state index in [1.54, 1.807) is 12.1 Å². The molecule has 1 fully saturated rings. The van der Waals surface area contributed by atoms with Gasteiger partial charge >= 0.3 is 0 Å². The fraction of sp³-hybridized carbons (Fsp3) is 0.438. The number of hydrogen-bond donors (Lipinski definition) is 3. The lowest BCUT2D eigenvalue weighted by Gasteiger charge is -2.27. The Kier molecular flexibility index (Phi) is 4.10. The molecule has 0 saturated heterocycles.